The first kappa shape index (κ1) is 18.4. The minimum absolute atomic E-state index is 0.00788. The van der Waals surface area contributed by atoms with Gasteiger partial charge in [-0.25, -0.2) is 4.79 Å². The van der Waals surface area contributed by atoms with Gasteiger partial charge in [0.1, 0.15) is 12.3 Å². The molecule has 0 aliphatic carbocycles. The van der Waals surface area contributed by atoms with Crippen molar-refractivity contribution in [2.45, 2.75) is 39.3 Å². The van der Waals surface area contributed by atoms with E-state index < -0.39 is 10.9 Å². The molecule has 0 aromatic heterocycles. The highest BCUT2D eigenvalue weighted by Crippen LogP contribution is 2.47. The van der Waals surface area contributed by atoms with Crippen molar-refractivity contribution in [2.24, 2.45) is 5.92 Å². The number of carbonyl (C=O) groups excluding carboxylic acids is 2. The molecule has 1 saturated heterocycles. The fraction of sp³-hybridized carbons (Fsp3) is 0.444. The van der Waals surface area contributed by atoms with Crippen LogP contribution in [-0.4, -0.2) is 33.5 Å². The number of non-ortho nitro benzene ring substituents is 1. The van der Waals surface area contributed by atoms with E-state index in [0.717, 1.165) is 17.1 Å². The van der Waals surface area contributed by atoms with Crippen molar-refractivity contribution >= 4 is 29.3 Å². The third kappa shape index (κ3) is 3.21. The molecule has 8 heteroatoms. The molecule has 0 unspecified atom stereocenters. The van der Waals surface area contributed by atoms with Crippen molar-refractivity contribution in [1.29, 1.82) is 0 Å². The minimum Gasteiger partial charge on any atom is -0.456 e. The van der Waals surface area contributed by atoms with Gasteiger partial charge in [-0.3, -0.25) is 14.9 Å². The second-order valence-electron chi connectivity index (χ2n) is 6.20. The topological polar surface area (TPSA) is 89.8 Å². The number of β-lactam (4-membered cyclic amide) rings is 1. The minimum atomic E-state index is -0.510. The average molecular weight is 376 g/mol. The monoisotopic (exact) mass is 376 g/mol. The van der Waals surface area contributed by atoms with Crippen molar-refractivity contribution in [3.8, 4) is 0 Å². The van der Waals surface area contributed by atoms with Crippen LogP contribution in [0.3, 0.4) is 0 Å². The van der Waals surface area contributed by atoms with Crippen LogP contribution in [0.2, 0.25) is 0 Å². The van der Waals surface area contributed by atoms with Crippen molar-refractivity contribution in [1.82, 2.24) is 4.90 Å². The lowest BCUT2D eigenvalue weighted by molar-refractivity contribution is -0.384. The van der Waals surface area contributed by atoms with Crippen LogP contribution < -0.4 is 0 Å². The van der Waals surface area contributed by atoms with Crippen molar-refractivity contribution in [3.63, 3.8) is 0 Å². The molecule has 2 atom stereocenters. The Bertz CT molecular complexity index is 774. The molecule has 1 amide bonds. The third-order valence-electron chi connectivity index (χ3n) is 4.72. The second kappa shape index (κ2) is 7.49. The van der Waals surface area contributed by atoms with Crippen LogP contribution in [0.4, 0.5) is 5.69 Å². The highest BCUT2D eigenvalue weighted by molar-refractivity contribution is 8.03. The lowest BCUT2D eigenvalue weighted by atomic mass is 9.85. The number of esters is 1. The van der Waals surface area contributed by atoms with Gasteiger partial charge >= 0.3 is 5.97 Å². The number of ether oxygens (including phenoxy) is 1. The molecule has 2 aliphatic rings. The fourth-order valence-electron chi connectivity index (χ4n) is 3.43. The Morgan fingerprint density at radius 2 is 2.04 bits per heavy atom. The lowest BCUT2D eigenvalue weighted by Crippen LogP contribution is -2.58. The number of nitro benzene ring substituents is 1. The second-order valence-corrected chi connectivity index (χ2v) is 7.56. The summed E-state index contributed by atoms with van der Waals surface area (Å²) in [4.78, 5) is 37.6. The third-order valence-corrected chi connectivity index (χ3v) is 5.72. The normalized spacial score (nSPS) is 21.5. The Hall–Kier alpha value is -2.35. The number of hydrogen-bond donors (Lipinski definition) is 0. The molecular weight excluding hydrogens is 356 g/mol. The maximum atomic E-state index is 12.6. The van der Waals surface area contributed by atoms with Crippen LogP contribution in [-0.2, 0) is 20.9 Å². The fourth-order valence-corrected chi connectivity index (χ4v) is 4.38. The molecule has 7 nitrogen and oxygen atoms in total. The van der Waals surface area contributed by atoms with Gasteiger partial charge in [-0.15, -0.1) is 11.8 Å². The number of amides is 1. The number of benzene rings is 1. The van der Waals surface area contributed by atoms with Gasteiger partial charge in [0, 0.05) is 23.5 Å². The Morgan fingerprint density at radius 1 is 1.35 bits per heavy atom. The summed E-state index contributed by atoms with van der Waals surface area (Å²) in [7, 11) is 0. The number of rotatable bonds is 7. The van der Waals surface area contributed by atoms with Gasteiger partial charge in [-0.05, 0) is 29.9 Å². The van der Waals surface area contributed by atoms with Crippen LogP contribution in [0.1, 0.15) is 32.3 Å². The number of nitro groups is 1. The van der Waals surface area contributed by atoms with Crippen LogP contribution in [0.5, 0.6) is 0 Å². The first-order chi connectivity index (χ1) is 12.5. The molecule has 0 saturated carbocycles. The predicted octanol–water partition coefficient (Wildman–Crippen LogP) is 3.24. The summed E-state index contributed by atoms with van der Waals surface area (Å²) in [5, 5.41) is 10.7. The van der Waals surface area contributed by atoms with Gasteiger partial charge in [-0.2, -0.15) is 0 Å². The zero-order chi connectivity index (χ0) is 18.8. The molecule has 26 heavy (non-hydrogen) atoms. The Labute approximate surface area is 155 Å². The summed E-state index contributed by atoms with van der Waals surface area (Å²) in [6.07, 6.45) is 1.49. The number of carbonyl (C=O) groups is 2. The molecule has 0 bridgehead atoms. The zero-order valence-electron chi connectivity index (χ0n) is 14.6. The molecule has 1 fully saturated rings. The molecule has 1 aromatic carbocycles. The molecule has 0 N–H and O–H groups in total. The summed E-state index contributed by atoms with van der Waals surface area (Å²) < 4.78 is 5.38. The van der Waals surface area contributed by atoms with E-state index in [2.05, 4.69) is 0 Å². The van der Waals surface area contributed by atoms with E-state index in [1.165, 1.54) is 12.1 Å². The molecule has 0 spiro atoms. The molecule has 2 aliphatic heterocycles. The number of nitrogens with zero attached hydrogens (tertiary/aromatic N) is 2. The van der Waals surface area contributed by atoms with E-state index in [9.17, 15) is 19.7 Å². The SMILES string of the molecule is CCSC1=C(C(=O)OCc2ccc([N+](=O)[O-])cc2)N2C(=O)[C@@H](CC)[C@H]2C1. The average Bonchev–Trinajstić information content (AvgIpc) is 2.95. The first-order valence-corrected chi connectivity index (χ1v) is 9.55. The zero-order valence-corrected chi connectivity index (χ0v) is 15.5. The van der Waals surface area contributed by atoms with Gasteiger partial charge in [0.15, 0.2) is 0 Å². The van der Waals surface area contributed by atoms with E-state index in [1.54, 1.807) is 28.8 Å². The van der Waals surface area contributed by atoms with Crippen LogP contribution in [0.15, 0.2) is 34.9 Å². The molecule has 138 valence electrons. The Kier molecular flexibility index (Phi) is 5.31. The molecule has 1 aromatic rings. The van der Waals surface area contributed by atoms with Gasteiger partial charge in [-0.1, -0.05) is 13.8 Å². The van der Waals surface area contributed by atoms with Gasteiger partial charge < -0.3 is 9.64 Å². The Balaban J connectivity index is 1.70. The lowest BCUT2D eigenvalue weighted by Gasteiger charge is -2.43. The summed E-state index contributed by atoms with van der Waals surface area (Å²) in [6, 6.07) is 5.93. The van der Waals surface area contributed by atoms with Gasteiger partial charge in [0.25, 0.3) is 5.69 Å². The van der Waals surface area contributed by atoms with E-state index >= 15 is 0 Å². The highest BCUT2D eigenvalue weighted by atomic mass is 32.2. The predicted molar refractivity (Wildman–Crippen MR) is 97.1 cm³/mol. The maximum absolute atomic E-state index is 12.6. The van der Waals surface area contributed by atoms with Crippen molar-refractivity contribution < 1.29 is 19.2 Å². The smallest absolute Gasteiger partial charge is 0.356 e. The number of fused-ring (bicyclic) bond motifs is 1. The summed E-state index contributed by atoms with van der Waals surface area (Å²) in [6.45, 7) is 4.00. The van der Waals surface area contributed by atoms with Crippen LogP contribution in [0.25, 0.3) is 0 Å². The summed E-state index contributed by atoms with van der Waals surface area (Å²) >= 11 is 1.57. The van der Waals surface area contributed by atoms with E-state index in [-0.39, 0.29) is 30.2 Å². The quantitative estimate of drug-likeness (QED) is 0.314. The van der Waals surface area contributed by atoms with Gasteiger partial charge in [0.05, 0.1) is 16.9 Å². The van der Waals surface area contributed by atoms with Crippen LogP contribution >= 0.6 is 11.8 Å². The van der Waals surface area contributed by atoms with E-state index in [1.807, 2.05) is 13.8 Å². The Morgan fingerprint density at radius 3 is 2.62 bits per heavy atom. The number of hydrogen-bond acceptors (Lipinski definition) is 6. The largest absolute Gasteiger partial charge is 0.456 e. The molecule has 0 radical (unpaired) electrons. The summed E-state index contributed by atoms with van der Waals surface area (Å²) in [5.74, 6) is 0.290. The van der Waals surface area contributed by atoms with Gasteiger partial charge in [0.2, 0.25) is 5.91 Å². The highest BCUT2D eigenvalue weighted by Gasteiger charge is 2.54. The first-order valence-electron chi connectivity index (χ1n) is 8.57. The summed E-state index contributed by atoms with van der Waals surface area (Å²) in [5.41, 5.74) is 1.02. The molecule has 3 rings (SSSR count). The number of thioether (sulfide) groups is 1. The van der Waals surface area contributed by atoms with E-state index in [0.29, 0.717) is 17.7 Å². The maximum Gasteiger partial charge on any atom is 0.356 e. The molecular formula is C18H20N2O5S. The van der Waals surface area contributed by atoms with Crippen molar-refractivity contribution in [3.05, 3.63) is 50.5 Å². The standard InChI is InChI=1S/C18H20N2O5S/c1-3-13-14-9-15(26-4-2)16(19(14)17(13)21)18(22)25-10-11-5-7-12(8-6-11)20(23)24/h5-8,13-14H,3-4,9-10H2,1-2H3/t13-,14+/m0/s1. The van der Waals surface area contributed by atoms with Crippen molar-refractivity contribution in [2.75, 3.05) is 5.75 Å². The van der Waals surface area contributed by atoms with E-state index in [4.69, 9.17) is 4.74 Å². The van der Waals surface area contributed by atoms with Crippen LogP contribution in [0, 0.1) is 16.0 Å². The molecule has 2 heterocycles.